The van der Waals surface area contributed by atoms with Gasteiger partial charge in [0.1, 0.15) is 12.1 Å². The molecule has 1 heterocycles. The Morgan fingerprint density at radius 1 is 0.966 bits per heavy atom. The molecule has 4 rings (SSSR count). The Labute approximate surface area is 168 Å². The van der Waals surface area contributed by atoms with Crippen molar-refractivity contribution >= 4 is 34.9 Å². The van der Waals surface area contributed by atoms with Gasteiger partial charge in [-0.1, -0.05) is 31.0 Å². The number of anilines is 1. The summed E-state index contributed by atoms with van der Waals surface area (Å²) in [4.78, 5) is 38.1. The van der Waals surface area contributed by atoms with E-state index in [0.717, 1.165) is 23.4 Å². The number of urea groups is 1. The predicted molar refractivity (Wildman–Crippen MR) is 107 cm³/mol. The second-order valence-electron chi connectivity index (χ2n) is 7.24. The number of hydrogen-bond donors (Lipinski definition) is 2. The molecule has 8 nitrogen and oxygen atoms in total. The molecule has 2 fully saturated rings. The van der Waals surface area contributed by atoms with Crippen LogP contribution in [0.1, 0.15) is 25.7 Å². The smallest absolute Gasteiger partial charge is 0.325 e. The third-order valence-corrected chi connectivity index (χ3v) is 5.19. The normalized spacial score (nSPS) is 17.9. The van der Waals surface area contributed by atoms with Crippen molar-refractivity contribution in [2.45, 2.75) is 31.2 Å². The minimum atomic E-state index is -0.803. The maximum absolute atomic E-state index is 12.6. The van der Waals surface area contributed by atoms with Crippen molar-refractivity contribution < 1.29 is 14.4 Å². The molecule has 1 aliphatic carbocycles. The standard InChI is InChI=1S/C21H21N5O3/c27-18(14-26-19(28)21(23-20(26)29)12-4-5-13-21)22-15-8-10-17(11-9-15)25-24-16-6-2-1-3-7-16/h1-3,6-11H,4-5,12-14H2,(H,22,27)(H,23,29). The van der Waals surface area contributed by atoms with Crippen LogP contribution in [-0.4, -0.2) is 34.8 Å². The molecule has 1 saturated heterocycles. The van der Waals surface area contributed by atoms with E-state index in [9.17, 15) is 14.4 Å². The number of nitrogens with one attached hydrogen (secondary N) is 2. The lowest BCUT2D eigenvalue weighted by molar-refractivity contribution is -0.133. The molecule has 4 amide bonds. The van der Waals surface area contributed by atoms with Crippen molar-refractivity contribution in [3.05, 3.63) is 54.6 Å². The number of carbonyl (C=O) groups excluding carboxylic acids is 3. The molecule has 1 aliphatic heterocycles. The molecule has 2 aliphatic rings. The summed E-state index contributed by atoms with van der Waals surface area (Å²) in [5, 5.41) is 13.8. The molecular weight excluding hydrogens is 370 g/mol. The minimum absolute atomic E-state index is 0.299. The quantitative estimate of drug-likeness (QED) is 0.596. The van der Waals surface area contributed by atoms with Crippen molar-refractivity contribution in [2.24, 2.45) is 10.2 Å². The second kappa shape index (κ2) is 7.83. The van der Waals surface area contributed by atoms with E-state index in [-0.39, 0.29) is 12.5 Å². The lowest BCUT2D eigenvalue weighted by Crippen LogP contribution is -2.44. The van der Waals surface area contributed by atoms with E-state index in [4.69, 9.17) is 0 Å². The van der Waals surface area contributed by atoms with Crippen LogP contribution in [-0.2, 0) is 9.59 Å². The van der Waals surface area contributed by atoms with Crippen LogP contribution >= 0.6 is 0 Å². The zero-order valence-corrected chi connectivity index (χ0v) is 15.8. The largest absolute Gasteiger partial charge is 0.325 e. The maximum Gasteiger partial charge on any atom is 0.325 e. The van der Waals surface area contributed by atoms with E-state index in [2.05, 4.69) is 20.9 Å². The molecule has 2 N–H and O–H groups in total. The Bertz CT molecular complexity index is 950. The van der Waals surface area contributed by atoms with E-state index < -0.39 is 17.5 Å². The van der Waals surface area contributed by atoms with Crippen molar-refractivity contribution in [1.29, 1.82) is 0 Å². The van der Waals surface area contributed by atoms with E-state index in [0.29, 0.717) is 24.2 Å². The van der Waals surface area contributed by atoms with Gasteiger partial charge in [-0.05, 0) is 49.2 Å². The molecule has 0 unspecified atom stereocenters. The Morgan fingerprint density at radius 2 is 1.59 bits per heavy atom. The maximum atomic E-state index is 12.6. The van der Waals surface area contributed by atoms with Crippen molar-refractivity contribution in [3.8, 4) is 0 Å². The van der Waals surface area contributed by atoms with Crippen molar-refractivity contribution in [2.75, 3.05) is 11.9 Å². The number of hydrogen-bond acceptors (Lipinski definition) is 5. The molecule has 29 heavy (non-hydrogen) atoms. The van der Waals surface area contributed by atoms with Gasteiger partial charge in [-0.2, -0.15) is 10.2 Å². The summed E-state index contributed by atoms with van der Waals surface area (Å²) < 4.78 is 0. The van der Waals surface area contributed by atoms with Crippen LogP contribution in [0.25, 0.3) is 0 Å². The van der Waals surface area contributed by atoms with Gasteiger partial charge in [0.15, 0.2) is 0 Å². The summed E-state index contributed by atoms with van der Waals surface area (Å²) in [7, 11) is 0. The number of azo groups is 1. The fourth-order valence-electron chi connectivity index (χ4n) is 3.70. The van der Waals surface area contributed by atoms with Crippen LogP contribution < -0.4 is 10.6 Å². The summed E-state index contributed by atoms with van der Waals surface area (Å²) >= 11 is 0. The zero-order valence-electron chi connectivity index (χ0n) is 15.8. The Balaban J connectivity index is 1.35. The molecule has 0 bridgehead atoms. The Morgan fingerprint density at radius 3 is 2.24 bits per heavy atom. The third kappa shape index (κ3) is 4.01. The average Bonchev–Trinajstić information content (AvgIpc) is 3.29. The van der Waals surface area contributed by atoms with Gasteiger partial charge in [-0.3, -0.25) is 14.5 Å². The van der Waals surface area contributed by atoms with Gasteiger partial charge in [0, 0.05) is 5.69 Å². The zero-order chi connectivity index (χ0) is 20.3. The third-order valence-electron chi connectivity index (χ3n) is 5.19. The molecule has 2 aromatic rings. The fourth-order valence-corrected chi connectivity index (χ4v) is 3.70. The van der Waals surface area contributed by atoms with E-state index >= 15 is 0 Å². The first-order chi connectivity index (χ1) is 14.1. The van der Waals surface area contributed by atoms with Gasteiger partial charge in [0.25, 0.3) is 5.91 Å². The van der Waals surface area contributed by atoms with E-state index in [1.807, 2.05) is 30.3 Å². The van der Waals surface area contributed by atoms with Crippen LogP contribution in [0.4, 0.5) is 21.9 Å². The molecule has 1 spiro atoms. The van der Waals surface area contributed by atoms with Gasteiger partial charge in [-0.25, -0.2) is 4.79 Å². The molecule has 0 atom stereocenters. The summed E-state index contributed by atoms with van der Waals surface area (Å²) in [5.74, 6) is -0.728. The fraction of sp³-hybridized carbons (Fsp3) is 0.286. The van der Waals surface area contributed by atoms with Crippen LogP contribution in [0.3, 0.4) is 0 Å². The molecule has 1 saturated carbocycles. The Kier molecular flexibility index (Phi) is 5.07. The average molecular weight is 391 g/mol. The van der Waals surface area contributed by atoms with E-state index in [1.165, 1.54) is 0 Å². The van der Waals surface area contributed by atoms with Crippen LogP contribution in [0, 0.1) is 0 Å². The van der Waals surface area contributed by atoms with Crippen molar-refractivity contribution in [1.82, 2.24) is 10.2 Å². The highest BCUT2D eigenvalue weighted by Gasteiger charge is 2.52. The van der Waals surface area contributed by atoms with Crippen LogP contribution in [0.15, 0.2) is 64.8 Å². The van der Waals surface area contributed by atoms with Crippen LogP contribution in [0.2, 0.25) is 0 Å². The number of amides is 4. The van der Waals surface area contributed by atoms with Gasteiger partial charge in [0.2, 0.25) is 5.91 Å². The van der Waals surface area contributed by atoms with Gasteiger partial charge in [-0.15, -0.1) is 0 Å². The van der Waals surface area contributed by atoms with E-state index in [1.54, 1.807) is 24.3 Å². The monoisotopic (exact) mass is 391 g/mol. The van der Waals surface area contributed by atoms with Gasteiger partial charge in [0.05, 0.1) is 11.4 Å². The SMILES string of the molecule is O=C(CN1C(=O)NC2(CCCC2)C1=O)Nc1ccc(N=Nc2ccccc2)cc1. The first-order valence-corrected chi connectivity index (χ1v) is 9.57. The molecule has 148 valence electrons. The number of imide groups is 1. The second-order valence-corrected chi connectivity index (χ2v) is 7.24. The summed E-state index contributed by atoms with van der Waals surface area (Å²) in [6.45, 7) is -0.304. The number of benzene rings is 2. The number of nitrogens with zero attached hydrogens (tertiary/aromatic N) is 3. The highest BCUT2D eigenvalue weighted by Crippen LogP contribution is 2.34. The minimum Gasteiger partial charge on any atom is -0.325 e. The van der Waals surface area contributed by atoms with Crippen LogP contribution in [0.5, 0.6) is 0 Å². The summed E-state index contributed by atoms with van der Waals surface area (Å²) in [6.07, 6.45) is 3.07. The molecule has 2 aromatic carbocycles. The lowest BCUT2D eigenvalue weighted by atomic mass is 9.98. The topological polar surface area (TPSA) is 103 Å². The summed E-state index contributed by atoms with van der Waals surface area (Å²) in [5.41, 5.74) is 1.14. The number of rotatable bonds is 5. The first-order valence-electron chi connectivity index (χ1n) is 9.57. The predicted octanol–water partition coefficient (Wildman–Crippen LogP) is 3.91. The first kappa shape index (κ1) is 18.8. The van der Waals surface area contributed by atoms with Crippen molar-refractivity contribution in [3.63, 3.8) is 0 Å². The molecule has 0 radical (unpaired) electrons. The van der Waals surface area contributed by atoms with Gasteiger partial charge < -0.3 is 10.6 Å². The van der Waals surface area contributed by atoms with Gasteiger partial charge >= 0.3 is 6.03 Å². The Hall–Kier alpha value is -3.55. The number of carbonyl (C=O) groups is 3. The molecule has 8 heteroatoms. The summed E-state index contributed by atoms with van der Waals surface area (Å²) in [6, 6.07) is 15.7. The molecular formula is C21H21N5O3. The highest BCUT2D eigenvalue weighted by atomic mass is 16.2. The highest BCUT2D eigenvalue weighted by molar-refractivity contribution is 6.10. The lowest BCUT2D eigenvalue weighted by Gasteiger charge is -2.19. The molecule has 0 aromatic heterocycles.